The summed E-state index contributed by atoms with van der Waals surface area (Å²) in [5.41, 5.74) is 0. The maximum absolute atomic E-state index is 11.0. The second-order valence-corrected chi connectivity index (χ2v) is 4.00. The highest BCUT2D eigenvalue weighted by Crippen LogP contribution is 2.22. The molecule has 11 heavy (non-hydrogen) atoms. The molecule has 0 aromatic carbocycles. The molecule has 0 saturated heterocycles. The van der Waals surface area contributed by atoms with E-state index in [0.717, 1.165) is 6.42 Å². The molecular formula is C8H17NOS. The third-order valence-electron chi connectivity index (χ3n) is 1.85. The summed E-state index contributed by atoms with van der Waals surface area (Å²) in [4.78, 5) is 10.9. The van der Waals surface area contributed by atoms with Crippen molar-refractivity contribution in [3.05, 3.63) is 0 Å². The Balaban J connectivity index is 3.96. The highest BCUT2D eigenvalue weighted by molar-refractivity contribution is 7.99. The van der Waals surface area contributed by atoms with Crippen LogP contribution in [0.15, 0.2) is 0 Å². The SMILES string of the molecule is CCC(=O)NC(C)(CC)SC. The smallest absolute Gasteiger partial charge is 0.220 e. The van der Waals surface area contributed by atoms with Crippen molar-refractivity contribution in [3.63, 3.8) is 0 Å². The quantitative estimate of drug-likeness (QED) is 0.662. The fourth-order valence-corrected chi connectivity index (χ4v) is 1.17. The fraction of sp³-hybridized carbons (Fsp3) is 0.875. The van der Waals surface area contributed by atoms with Crippen molar-refractivity contribution in [3.8, 4) is 0 Å². The molecule has 0 fully saturated rings. The van der Waals surface area contributed by atoms with E-state index < -0.39 is 0 Å². The van der Waals surface area contributed by atoms with Crippen LogP contribution in [0.5, 0.6) is 0 Å². The molecule has 66 valence electrons. The van der Waals surface area contributed by atoms with Crippen molar-refractivity contribution in [2.45, 2.75) is 38.5 Å². The molecule has 0 bridgehead atoms. The van der Waals surface area contributed by atoms with Gasteiger partial charge in [-0.1, -0.05) is 13.8 Å². The Labute approximate surface area is 73.1 Å². The summed E-state index contributed by atoms with van der Waals surface area (Å²) < 4.78 is 0. The first kappa shape index (κ1) is 10.8. The number of rotatable bonds is 4. The topological polar surface area (TPSA) is 29.1 Å². The Morgan fingerprint density at radius 3 is 2.36 bits per heavy atom. The summed E-state index contributed by atoms with van der Waals surface area (Å²) in [6, 6.07) is 0. The van der Waals surface area contributed by atoms with E-state index in [1.54, 1.807) is 11.8 Å². The van der Waals surface area contributed by atoms with Gasteiger partial charge in [0, 0.05) is 6.42 Å². The van der Waals surface area contributed by atoms with Gasteiger partial charge < -0.3 is 5.32 Å². The third kappa shape index (κ3) is 3.65. The van der Waals surface area contributed by atoms with Gasteiger partial charge in [0.1, 0.15) is 0 Å². The van der Waals surface area contributed by atoms with Gasteiger partial charge >= 0.3 is 0 Å². The maximum Gasteiger partial charge on any atom is 0.220 e. The van der Waals surface area contributed by atoms with Crippen LogP contribution in [-0.2, 0) is 4.79 Å². The highest BCUT2D eigenvalue weighted by atomic mass is 32.2. The van der Waals surface area contributed by atoms with Crippen molar-refractivity contribution in [1.29, 1.82) is 0 Å². The molecule has 0 aromatic heterocycles. The zero-order valence-corrected chi connectivity index (χ0v) is 8.55. The maximum atomic E-state index is 11.0. The molecule has 0 rings (SSSR count). The van der Waals surface area contributed by atoms with Crippen molar-refractivity contribution in [2.75, 3.05) is 6.26 Å². The molecule has 0 spiro atoms. The Morgan fingerprint density at radius 1 is 1.55 bits per heavy atom. The summed E-state index contributed by atoms with van der Waals surface area (Å²) in [5, 5.41) is 2.97. The number of carbonyl (C=O) groups is 1. The van der Waals surface area contributed by atoms with Crippen molar-refractivity contribution in [2.24, 2.45) is 0 Å². The van der Waals surface area contributed by atoms with E-state index in [9.17, 15) is 4.79 Å². The lowest BCUT2D eigenvalue weighted by Crippen LogP contribution is -2.42. The van der Waals surface area contributed by atoms with Gasteiger partial charge in [-0.05, 0) is 19.6 Å². The van der Waals surface area contributed by atoms with Gasteiger partial charge in [0.2, 0.25) is 5.91 Å². The zero-order chi connectivity index (χ0) is 8.91. The molecule has 1 N–H and O–H groups in total. The van der Waals surface area contributed by atoms with Crippen molar-refractivity contribution < 1.29 is 4.79 Å². The van der Waals surface area contributed by atoms with Gasteiger partial charge in [-0.2, -0.15) is 0 Å². The molecule has 3 heteroatoms. The fourth-order valence-electron chi connectivity index (χ4n) is 0.667. The predicted octanol–water partition coefficient (Wildman–Crippen LogP) is 2.00. The van der Waals surface area contributed by atoms with E-state index in [1.807, 2.05) is 20.1 Å². The molecule has 0 radical (unpaired) electrons. The van der Waals surface area contributed by atoms with Crippen molar-refractivity contribution >= 4 is 17.7 Å². The lowest BCUT2D eigenvalue weighted by Gasteiger charge is -2.27. The third-order valence-corrected chi connectivity index (χ3v) is 3.14. The summed E-state index contributed by atoms with van der Waals surface area (Å²) in [7, 11) is 0. The van der Waals surface area contributed by atoms with Crippen LogP contribution in [0.2, 0.25) is 0 Å². The second-order valence-electron chi connectivity index (χ2n) is 2.69. The minimum atomic E-state index is -0.0763. The summed E-state index contributed by atoms with van der Waals surface area (Å²) in [6.07, 6.45) is 3.54. The van der Waals surface area contributed by atoms with Gasteiger partial charge in [0.05, 0.1) is 4.87 Å². The monoisotopic (exact) mass is 175 g/mol. The van der Waals surface area contributed by atoms with Crippen LogP contribution < -0.4 is 5.32 Å². The molecule has 0 heterocycles. The molecule has 1 amide bonds. The first-order valence-electron chi connectivity index (χ1n) is 3.94. The van der Waals surface area contributed by atoms with E-state index in [-0.39, 0.29) is 10.8 Å². The van der Waals surface area contributed by atoms with Gasteiger partial charge in [-0.25, -0.2) is 0 Å². The Bertz CT molecular complexity index is 132. The van der Waals surface area contributed by atoms with Crippen molar-refractivity contribution in [1.82, 2.24) is 5.32 Å². The Morgan fingerprint density at radius 2 is 2.09 bits per heavy atom. The lowest BCUT2D eigenvalue weighted by atomic mass is 10.2. The molecule has 0 aromatic rings. The lowest BCUT2D eigenvalue weighted by molar-refractivity contribution is -0.121. The van der Waals surface area contributed by atoms with E-state index in [2.05, 4.69) is 12.2 Å². The van der Waals surface area contributed by atoms with Crippen LogP contribution in [0.3, 0.4) is 0 Å². The van der Waals surface area contributed by atoms with E-state index in [1.165, 1.54) is 0 Å². The molecule has 2 nitrogen and oxygen atoms in total. The molecule has 0 aliphatic carbocycles. The van der Waals surface area contributed by atoms with Crippen LogP contribution in [0.1, 0.15) is 33.6 Å². The predicted molar refractivity (Wildman–Crippen MR) is 50.6 cm³/mol. The number of hydrogen-bond donors (Lipinski definition) is 1. The van der Waals surface area contributed by atoms with Crippen LogP contribution >= 0.6 is 11.8 Å². The van der Waals surface area contributed by atoms with E-state index >= 15 is 0 Å². The summed E-state index contributed by atoms with van der Waals surface area (Å²) in [5.74, 6) is 0.128. The average molecular weight is 175 g/mol. The first-order valence-corrected chi connectivity index (χ1v) is 5.16. The standard InChI is InChI=1S/C8H17NOS/c1-5-7(10)9-8(3,6-2)11-4/h5-6H2,1-4H3,(H,9,10). The van der Waals surface area contributed by atoms with Gasteiger partial charge in [0.25, 0.3) is 0 Å². The minimum absolute atomic E-state index is 0.0763. The molecule has 0 aliphatic rings. The normalized spacial score (nSPS) is 15.6. The molecule has 0 saturated carbocycles. The van der Waals surface area contributed by atoms with Gasteiger partial charge in [-0.3, -0.25) is 4.79 Å². The number of nitrogens with one attached hydrogen (secondary N) is 1. The van der Waals surface area contributed by atoms with Crippen LogP contribution in [0.25, 0.3) is 0 Å². The minimum Gasteiger partial charge on any atom is -0.342 e. The van der Waals surface area contributed by atoms with Crippen LogP contribution in [-0.4, -0.2) is 17.0 Å². The van der Waals surface area contributed by atoms with Gasteiger partial charge in [0.15, 0.2) is 0 Å². The van der Waals surface area contributed by atoms with Gasteiger partial charge in [-0.15, -0.1) is 11.8 Å². The summed E-state index contributed by atoms with van der Waals surface area (Å²) in [6.45, 7) is 5.99. The number of carbonyl (C=O) groups excluding carboxylic acids is 1. The van der Waals surface area contributed by atoms with E-state index in [4.69, 9.17) is 0 Å². The molecular weight excluding hydrogens is 158 g/mol. The molecule has 0 aliphatic heterocycles. The largest absolute Gasteiger partial charge is 0.342 e. The molecule has 1 unspecified atom stereocenters. The molecule has 1 atom stereocenters. The zero-order valence-electron chi connectivity index (χ0n) is 7.73. The number of thioether (sulfide) groups is 1. The first-order chi connectivity index (χ1) is 5.08. The summed E-state index contributed by atoms with van der Waals surface area (Å²) >= 11 is 1.68. The second kappa shape index (κ2) is 4.65. The Hall–Kier alpha value is -0.180. The van der Waals surface area contributed by atoms with E-state index in [0.29, 0.717) is 6.42 Å². The average Bonchev–Trinajstić information content (AvgIpc) is 2.04. The Kier molecular flexibility index (Phi) is 4.57. The number of hydrogen-bond acceptors (Lipinski definition) is 2. The van der Waals surface area contributed by atoms with Crippen LogP contribution in [0, 0.1) is 0 Å². The number of amides is 1. The highest BCUT2D eigenvalue weighted by Gasteiger charge is 2.21. The van der Waals surface area contributed by atoms with Crippen LogP contribution in [0.4, 0.5) is 0 Å².